The molecule has 5 amide bonds. The number of ketones is 1. The Hall–Kier alpha value is -9.06. The fraction of sp³-hybridized carbons (Fsp3) is 0.622. The van der Waals surface area contributed by atoms with Gasteiger partial charge in [0, 0.05) is 137 Å². The lowest BCUT2D eigenvalue weighted by Gasteiger charge is -2.65. The van der Waals surface area contributed by atoms with Crippen molar-refractivity contribution in [3.8, 4) is 28.7 Å². The second-order valence-electron chi connectivity index (χ2n) is 46.1. The number of fused-ring (bicyclic) bond motifs is 5. The standard InChI is InChI=1S/C23H30N2O3.C22H31N3O3.C22H28N2O4.C22H30N2O3.C22H30N2O2/c1-14(2)7-10-25-11-9-22-13-15(3)6-8-23(22,28)18(25)12-16-4-5-17(21(24)27)20(26)19(16)22;23-15-6-7-22(28)17-10-14-4-5-16(20(24)27)19(26)18(14)21(22,11-15)8-9-25(17)12-13-2-1-3-13;1-13(2)6-9-24-10-8-21-12-15(25)5-7-22(21,28)17(24)11-14-3-4-16(20(23)27)19(26)18(14)21;23-21(27)16-6-4-14-10-18-17-7-5-15(25)11-22(17,19(14)20(16)26)8-9-24(18)12-13-2-1-3-13;23-21(26)16-8-7-15-12-18-17-6-1-2-9-22(17,19(15)20(16)25)10-11-24(18)13-14-4-3-5-14/h4-5,7,18,26,28H,3,6,8-13H2,1-2H3,(H2,24,27);4-5,13,15,17,26,28H,1-3,6-12,23H2,(H2,24,27);3-4,6,17,26,28H,5,7-12H2,1-2H3,(H2,23,27);4,6,13,15,17-18,25-26H,1-3,5,7-12H2,(H2,23,27);7-8,14,17-18,25H,1-6,9-13H2,(H2,23,26)/t18-,22-,23-;15?,17-,21-,22-;17-,21-,22-;15-,17+,18-,22+;17-,18+,22+/m11110/s1. The zero-order chi connectivity index (χ0) is 96.9. The van der Waals surface area contributed by atoms with Crippen molar-refractivity contribution in [3.05, 3.63) is 180 Å². The summed E-state index contributed by atoms with van der Waals surface area (Å²) in [6.07, 6.45) is 36.7. The van der Waals surface area contributed by atoms with Crippen molar-refractivity contribution in [2.45, 2.75) is 339 Å². The van der Waals surface area contributed by atoms with Gasteiger partial charge in [-0.05, 0) is 328 Å². The van der Waals surface area contributed by atoms with Gasteiger partial charge in [0.25, 0.3) is 29.5 Å². The average molecular weight is 1880 g/mol. The molecule has 0 spiro atoms. The van der Waals surface area contributed by atoms with E-state index in [1.54, 1.807) is 30.3 Å². The number of hydrogen-bond acceptors (Lipinski definition) is 21. The number of nitrogens with zero attached hydrogens (tertiary/aromatic N) is 5. The summed E-state index contributed by atoms with van der Waals surface area (Å²) < 4.78 is 0. The van der Waals surface area contributed by atoms with Gasteiger partial charge >= 0.3 is 0 Å². The maximum Gasteiger partial charge on any atom is 0.252 e. The van der Waals surface area contributed by atoms with Gasteiger partial charge in [-0.1, -0.05) is 97.9 Å². The first kappa shape index (κ1) is 96.8. The first-order valence-corrected chi connectivity index (χ1v) is 51.9. The minimum Gasteiger partial charge on any atom is -0.507 e. The topological polar surface area (TPSA) is 457 Å². The van der Waals surface area contributed by atoms with E-state index in [0.29, 0.717) is 106 Å². The maximum atomic E-state index is 12.5. The molecule has 26 nitrogen and oxygen atoms in total. The highest BCUT2D eigenvalue weighted by Crippen LogP contribution is 2.67. The smallest absolute Gasteiger partial charge is 0.252 e. The van der Waals surface area contributed by atoms with Crippen LogP contribution in [0.2, 0.25) is 0 Å². The average Bonchev–Trinajstić information content (AvgIpc) is 0.445. The van der Waals surface area contributed by atoms with Crippen LogP contribution in [-0.4, -0.2) is 230 Å². The van der Waals surface area contributed by atoms with Crippen molar-refractivity contribution < 1.29 is 74.7 Å². The molecule has 137 heavy (non-hydrogen) atoms. The molecule has 5 aliphatic heterocycles. The summed E-state index contributed by atoms with van der Waals surface area (Å²) >= 11 is 0. The van der Waals surface area contributed by atoms with Crippen molar-refractivity contribution in [3.63, 3.8) is 0 Å². The van der Waals surface area contributed by atoms with E-state index in [1.165, 1.54) is 107 Å². The van der Waals surface area contributed by atoms with E-state index in [0.717, 1.165) is 191 Å². The second kappa shape index (κ2) is 36.8. The van der Waals surface area contributed by atoms with Gasteiger partial charge in [0.2, 0.25) is 0 Å². The predicted molar refractivity (Wildman–Crippen MR) is 525 cm³/mol. The fourth-order valence-electron chi connectivity index (χ4n) is 31.5. The number of primary amides is 5. The van der Waals surface area contributed by atoms with E-state index in [1.807, 2.05) is 24.3 Å². The largest absolute Gasteiger partial charge is 0.507 e. The molecule has 5 aromatic carbocycles. The van der Waals surface area contributed by atoms with Gasteiger partial charge in [-0.15, -0.1) is 0 Å². The quantitative estimate of drug-likeness (QED) is 0.0433. The van der Waals surface area contributed by atoms with Crippen LogP contribution in [0.5, 0.6) is 28.7 Å². The first-order valence-electron chi connectivity index (χ1n) is 51.9. The van der Waals surface area contributed by atoms with Gasteiger partial charge in [0.15, 0.2) is 0 Å². The van der Waals surface area contributed by atoms with Crippen molar-refractivity contribution in [1.29, 1.82) is 0 Å². The van der Waals surface area contributed by atoms with E-state index in [-0.39, 0.29) is 104 Å². The molecule has 21 N–H and O–H groups in total. The molecule has 18 aliphatic rings. The Balaban J connectivity index is 0.000000110. The SMILES string of the molecule is C=C1CC[C@@]2(O)[C@H]3Cc4ccc(C(N)=O)c(O)c4[C@@]2(CCN3CC=C(C)C)C1.CC(C)=CCN1CC[C@]23CC(=O)CC[C@@]2(O)[C@H]1Cc1ccc(C(N)=O)c(O)c13.NC(=O)c1ccc2c(c1O)[C@@]13CCCC[C@H]1[C@@H](C2)N(CC1CCC1)CC3.NC(=O)c1ccc2c(c1O)[C@]13CCN(CC4CCC4)[C@H](C2)[C@@H]1CC[C@@H](O)C3.NC(=O)c1ccc2c(c1O)[C@]13CCN(CC4CCC4)[C@H](C2)[C@]1(O)CCC(N)C3. The summed E-state index contributed by atoms with van der Waals surface area (Å²) in [6.45, 7) is 22.2. The number of amides is 5. The number of aliphatic hydroxyl groups is 4. The summed E-state index contributed by atoms with van der Waals surface area (Å²) in [4.78, 5) is 84.3. The van der Waals surface area contributed by atoms with Crippen LogP contribution in [0.4, 0.5) is 0 Å². The molecule has 26 heteroatoms. The number of carbonyl (C=O) groups is 6. The van der Waals surface area contributed by atoms with Crippen LogP contribution < -0.4 is 34.4 Å². The molecule has 23 rings (SSSR count). The van der Waals surface area contributed by atoms with Crippen LogP contribution in [-0.2, 0) is 64.0 Å². The Labute approximate surface area is 806 Å². The second-order valence-corrected chi connectivity index (χ2v) is 46.1. The third-order valence-electron chi connectivity index (χ3n) is 38.7. The molecule has 0 radical (unpaired) electrons. The van der Waals surface area contributed by atoms with Gasteiger partial charge in [0.05, 0.1) is 50.7 Å². The van der Waals surface area contributed by atoms with E-state index in [9.17, 15) is 74.7 Å². The van der Waals surface area contributed by atoms with E-state index in [4.69, 9.17) is 34.4 Å². The lowest BCUT2D eigenvalue weighted by Crippen LogP contribution is -2.74. The normalized spacial score (nSPS) is 34.1. The van der Waals surface area contributed by atoms with Crippen LogP contribution in [0.3, 0.4) is 0 Å². The van der Waals surface area contributed by atoms with Crippen LogP contribution in [0.15, 0.2) is 96.1 Å². The number of likely N-dealkylation sites (tertiary alicyclic amines) is 5. The minimum absolute atomic E-state index is 0.0123. The number of phenols is 5. The Morgan fingerprint density at radius 2 is 0.752 bits per heavy atom. The highest BCUT2D eigenvalue weighted by molar-refractivity contribution is 5.99. The van der Waals surface area contributed by atoms with Gasteiger partial charge in [-0.2, -0.15) is 0 Å². The van der Waals surface area contributed by atoms with Crippen LogP contribution in [0, 0.1) is 29.6 Å². The molecule has 1 unspecified atom stereocenters. The molecule has 5 saturated heterocycles. The fourth-order valence-corrected chi connectivity index (χ4v) is 31.5. The predicted octanol–water partition coefficient (Wildman–Crippen LogP) is 11.7. The third kappa shape index (κ3) is 16.0. The highest BCUT2D eigenvalue weighted by Gasteiger charge is 2.70. The van der Waals surface area contributed by atoms with Gasteiger partial charge in [-0.25, -0.2) is 0 Å². The van der Waals surface area contributed by atoms with Crippen LogP contribution in [0.1, 0.15) is 328 Å². The number of rotatable bonds is 15. The minimum atomic E-state index is -1.12. The Bertz CT molecular complexity index is 5550. The highest BCUT2D eigenvalue weighted by atomic mass is 16.3. The van der Waals surface area contributed by atoms with Crippen molar-refractivity contribution in [1.82, 2.24) is 24.5 Å². The lowest BCUT2D eigenvalue weighted by molar-refractivity contribution is -0.172. The lowest BCUT2D eigenvalue weighted by atomic mass is 9.48. The van der Waals surface area contributed by atoms with Gasteiger partial charge in [0.1, 0.15) is 34.5 Å². The monoisotopic (exact) mass is 1880 g/mol. The molecule has 5 heterocycles. The molecular weight excluding hydrogens is 1730 g/mol. The number of Topliss-reactive ketones (excluding diaryl/α,β-unsaturated/α-hetero) is 1. The molecular formula is C111H149N11O15. The first-order chi connectivity index (χ1) is 65.3. The molecule has 5 aromatic rings. The van der Waals surface area contributed by atoms with E-state index < -0.39 is 62.6 Å². The molecule has 13 aliphatic carbocycles. The summed E-state index contributed by atoms with van der Waals surface area (Å²) in [5.41, 5.74) is 42.5. The van der Waals surface area contributed by atoms with E-state index >= 15 is 0 Å². The molecule has 10 bridgehead atoms. The third-order valence-corrected chi connectivity index (χ3v) is 38.7. The summed E-state index contributed by atoms with van der Waals surface area (Å²) in [7, 11) is 0. The summed E-state index contributed by atoms with van der Waals surface area (Å²) in [6, 6.07) is 18.9. The van der Waals surface area contributed by atoms with Crippen molar-refractivity contribution in [2.24, 2.45) is 64.0 Å². The Kier molecular flexibility index (Phi) is 26.0. The van der Waals surface area contributed by atoms with Crippen LogP contribution in [0.25, 0.3) is 0 Å². The number of nitrogens with two attached hydrogens (primary N) is 6. The molecule has 17 atom stereocenters. The zero-order valence-corrected chi connectivity index (χ0v) is 81.1. The number of hydrogen-bond donors (Lipinski definition) is 15. The molecule has 13 fully saturated rings. The Morgan fingerprint density at radius 1 is 0.387 bits per heavy atom. The molecule has 0 aromatic heterocycles. The summed E-state index contributed by atoms with van der Waals surface area (Å²) in [5, 5.41) is 102. The number of aliphatic hydroxyl groups excluding tert-OH is 1. The van der Waals surface area contributed by atoms with Crippen molar-refractivity contribution in [2.75, 3.05) is 65.4 Å². The number of aromatic hydroxyl groups is 5. The Morgan fingerprint density at radius 3 is 1.19 bits per heavy atom. The summed E-state index contributed by atoms with van der Waals surface area (Å²) in [5.74, 6) is 0.590. The molecule has 738 valence electrons. The van der Waals surface area contributed by atoms with Crippen LogP contribution >= 0.6 is 0 Å². The zero-order valence-electron chi connectivity index (χ0n) is 81.1. The number of benzene rings is 5. The maximum absolute atomic E-state index is 12.5. The van der Waals surface area contributed by atoms with Gasteiger partial charge < -0.3 is 80.4 Å². The van der Waals surface area contributed by atoms with Gasteiger partial charge in [-0.3, -0.25) is 53.3 Å². The number of carbonyl (C=O) groups excluding carboxylic acids is 6. The number of allylic oxidation sites excluding steroid dienone is 3. The van der Waals surface area contributed by atoms with E-state index in [2.05, 4.69) is 77.0 Å². The molecule has 8 saturated carbocycles. The number of piperidine rings is 5. The van der Waals surface area contributed by atoms with Crippen molar-refractivity contribution >= 4 is 35.3 Å².